The third kappa shape index (κ3) is 2.70. The number of aliphatic hydroxyl groups is 1. The highest BCUT2D eigenvalue weighted by atomic mass is 16.5. The van der Waals surface area contributed by atoms with Gasteiger partial charge in [0.1, 0.15) is 5.75 Å². The van der Waals surface area contributed by atoms with E-state index in [1.807, 2.05) is 54.6 Å². The zero-order valence-electron chi connectivity index (χ0n) is 10.3. The molecule has 0 amide bonds. The van der Waals surface area contributed by atoms with Gasteiger partial charge in [-0.05, 0) is 23.3 Å². The van der Waals surface area contributed by atoms with Crippen molar-refractivity contribution in [2.75, 3.05) is 7.11 Å². The van der Waals surface area contributed by atoms with E-state index in [-0.39, 0.29) is 0 Å². The van der Waals surface area contributed by atoms with E-state index in [2.05, 4.69) is 0 Å². The lowest BCUT2D eigenvalue weighted by molar-refractivity contribution is 0.147. The number of hydrogen-bond donors (Lipinski definition) is 2. The van der Waals surface area contributed by atoms with E-state index in [0.717, 1.165) is 16.9 Å². The fourth-order valence-corrected chi connectivity index (χ4v) is 1.87. The standard InChI is InChI=1S/C15H17NO2/c1-18-13-9-7-12(8-10-13)15(17)14(16)11-5-3-2-4-6-11/h2-10,14-15,17H,16H2,1H3/t14-,15-/m0/s1. The van der Waals surface area contributed by atoms with Crippen LogP contribution in [0.2, 0.25) is 0 Å². The molecule has 0 unspecified atom stereocenters. The van der Waals surface area contributed by atoms with Gasteiger partial charge in [-0.1, -0.05) is 42.5 Å². The molecule has 3 N–H and O–H groups in total. The molecule has 0 aliphatic heterocycles. The summed E-state index contributed by atoms with van der Waals surface area (Å²) in [6.45, 7) is 0. The summed E-state index contributed by atoms with van der Waals surface area (Å²) in [4.78, 5) is 0. The van der Waals surface area contributed by atoms with E-state index >= 15 is 0 Å². The van der Waals surface area contributed by atoms with Gasteiger partial charge < -0.3 is 15.6 Å². The highest BCUT2D eigenvalue weighted by Gasteiger charge is 2.18. The van der Waals surface area contributed by atoms with Crippen molar-refractivity contribution >= 4 is 0 Å². The van der Waals surface area contributed by atoms with Gasteiger partial charge in [0.15, 0.2) is 0 Å². The minimum atomic E-state index is -0.724. The Labute approximate surface area is 107 Å². The molecule has 0 aromatic heterocycles. The van der Waals surface area contributed by atoms with Crippen LogP contribution in [0.1, 0.15) is 23.3 Å². The van der Waals surface area contributed by atoms with E-state index in [1.165, 1.54) is 0 Å². The predicted molar refractivity (Wildman–Crippen MR) is 71.3 cm³/mol. The molecule has 0 radical (unpaired) electrons. The van der Waals surface area contributed by atoms with Crippen molar-refractivity contribution in [2.45, 2.75) is 12.1 Å². The van der Waals surface area contributed by atoms with Crippen LogP contribution in [0.4, 0.5) is 0 Å². The Kier molecular flexibility index (Phi) is 3.97. The summed E-state index contributed by atoms with van der Waals surface area (Å²) in [7, 11) is 1.61. The van der Waals surface area contributed by atoms with Crippen LogP contribution in [0.25, 0.3) is 0 Å². The molecule has 2 rings (SSSR count). The summed E-state index contributed by atoms with van der Waals surface area (Å²) in [5, 5.41) is 10.2. The average molecular weight is 243 g/mol. The second kappa shape index (κ2) is 5.67. The lowest BCUT2D eigenvalue weighted by Crippen LogP contribution is -2.19. The Hall–Kier alpha value is -1.84. The summed E-state index contributed by atoms with van der Waals surface area (Å²) >= 11 is 0. The smallest absolute Gasteiger partial charge is 0.118 e. The van der Waals surface area contributed by atoms with Gasteiger partial charge in [0.05, 0.1) is 19.3 Å². The van der Waals surface area contributed by atoms with Crippen molar-refractivity contribution < 1.29 is 9.84 Å². The SMILES string of the molecule is COc1ccc([C@H](O)[C@@H](N)c2ccccc2)cc1. The van der Waals surface area contributed by atoms with Crippen LogP contribution < -0.4 is 10.5 Å². The molecule has 0 spiro atoms. The monoisotopic (exact) mass is 243 g/mol. The zero-order valence-corrected chi connectivity index (χ0v) is 10.3. The molecular weight excluding hydrogens is 226 g/mol. The molecule has 0 aliphatic rings. The predicted octanol–water partition coefficient (Wildman–Crippen LogP) is 2.43. The lowest BCUT2D eigenvalue weighted by Gasteiger charge is -2.19. The first-order chi connectivity index (χ1) is 8.72. The van der Waals surface area contributed by atoms with Gasteiger partial charge in [0.2, 0.25) is 0 Å². The fraction of sp³-hybridized carbons (Fsp3) is 0.200. The van der Waals surface area contributed by atoms with Crippen molar-refractivity contribution in [3.05, 3.63) is 65.7 Å². The molecule has 94 valence electrons. The molecule has 0 saturated carbocycles. The third-order valence-corrected chi connectivity index (χ3v) is 2.98. The van der Waals surface area contributed by atoms with Crippen LogP contribution in [0.5, 0.6) is 5.75 Å². The van der Waals surface area contributed by atoms with E-state index in [9.17, 15) is 5.11 Å². The quantitative estimate of drug-likeness (QED) is 0.867. The van der Waals surface area contributed by atoms with Crippen molar-refractivity contribution in [3.63, 3.8) is 0 Å². The topological polar surface area (TPSA) is 55.5 Å². The van der Waals surface area contributed by atoms with Crippen LogP contribution in [0.15, 0.2) is 54.6 Å². The average Bonchev–Trinajstić information content (AvgIpc) is 2.47. The van der Waals surface area contributed by atoms with Gasteiger partial charge >= 0.3 is 0 Å². The van der Waals surface area contributed by atoms with E-state index < -0.39 is 12.1 Å². The minimum absolute atomic E-state index is 0.431. The number of nitrogens with two attached hydrogens (primary N) is 1. The Bertz CT molecular complexity index is 482. The third-order valence-electron chi connectivity index (χ3n) is 2.98. The second-order valence-corrected chi connectivity index (χ2v) is 4.15. The van der Waals surface area contributed by atoms with Gasteiger partial charge in [0, 0.05) is 0 Å². The highest BCUT2D eigenvalue weighted by Crippen LogP contribution is 2.27. The number of ether oxygens (including phenoxy) is 1. The van der Waals surface area contributed by atoms with Crippen LogP contribution in [-0.4, -0.2) is 12.2 Å². The molecular formula is C15H17NO2. The normalized spacial score (nSPS) is 13.9. The molecule has 0 heterocycles. The van der Waals surface area contributed by atoms with Crippen molar-refractivity contribution in [1.29, 1.82) is 0 Å². The number of aliphatic hydroxyl groups excluding tert-OH is 1. The molecule has 0 bridgehead atoms. The molecule has 18 heavy (non-hydrogen) atoms. The maximum absolute atomic E-state index is 10.2. The van der Waals surface area contributed by atoms with E-state index in [4.69, 9.17) is 10.5 Å². The van der Waals surface area contributed by atoms with E-state index in [1.54, 1.807) is 7.11 Å². The van der Waals surface area contributed by atoms with Crippen molar-refractivity contribution in [2.24, 2.45) is 5.73 Å². The second-order valence-electron chi connectivity index (χ2n) is 4.15. The van der Waals surface area contributed by atoms with Crippen molar-refractivity contribution in [3.8, 4) is 5.75 Å². The maximum atomic E-state index is 10.2. The van der Waals surface area contributed by atoms with E-state index in [0.29, 0.717) is 0 Å². The van der Waals surface area contributed by atoms with Crippen LogP contribution in [0, 0.1) is 0 Å². The lowest BCUT2D eigenvalue weighted by atomic mass is 9.97. The van der Waals surface area contributed by atoms with Gasteiger partial charge in [-0.25, -0.2) is 0 Å². The maximum Gasteiger partial charge on any atom is 0.118 e. The molecule has 3 nitrogen and oxygen atoms in total. The first-order valence-electron chi connectivity index (χ1n) is 5.85. The summed E-state index contributed by atoms with van der Waals surface area (Å²) < 4.78 is 5.08. The van der Waals surface area contributed by atoms with Gasteiger partial charge in [0.25, 0.3) is 0 Å². The van der Waals surface area contributed by atoms with Gasteiger partial charge in [-0.15, -0.1) is 0 Å². The summed E-state index contributed by atoms with van der Waals surface area (Å²) in [5.74, 6) is 0.763. The fourth-order valence-electron chi connectivity index (χ4n) is 1.87. The Morgan fingerprint density at radius 1 is 0.944 bits per heavy atom. The Balaban J connectivity index is 2.17. The number of benzene rings is 2. The molecule has 0 aliphatic carbocycles. The Morgan fingerprint density at radius 2 is 1.56 bits per heavy atom. The number of methoxy groups -OCH3 is 1. The molecule has 2 atom stereocenters. The zero-order chi connectivity index (χ0) is 13.0. The summed E-state index contributed by atoms with van der Waals surface area (Å²) in [6, 6.07) is 16.4. The molecule has 0 saturated heterocycles. The molecule has 3 heteroatoms. The minimum Gasteiger partial charge on any atom is -0.497 e. The summed E-state index contributed by atoms with van der Waals surface area (Å²) in [5.41, 5.74) is 7.76. The molecule has 0 fully saturated rings. The van der Waals surface area contributed by atoms with Crippen LogP contribution >= 0.6 is 0 Å². The number of rotatable bonds is 4. The van der Waals surface area contributed by atoms with Crippen LogP contribution in [0.3, 0.4) is 0 Å². The highest BCUT2D eigenvalue weighted by molar-refractivity contribution is 5.31. The number of hydrogen-bond acceptors (Lipinski definition) is 3. The first kappa shape index (κ1) is 12.6. The van der Waals surface area contributed by atoms with Gasteiger partial charge in [-0.3, -0.25) is 0 Å². The Morgan fingerprint density at radius 3 is 2.11 bits per heavy atom. The molecule has 2 aromatic rings. The largest absolute Gasteiger partial charge is 0.497 e. The molecule has 2 aromatic carbocycles. The van der Waals surface area contributed by atoms with Crippen molar-refractivity contribution in [1.82, 2.24) is 0 Å². The van der Waals surface area contributed by atoms with Crippen LogP contribution in [-0.2, 0) is 0 Å². The van der Waals surface area contributed by atoms with Gasteiger partial charge in [-0.2, -0.15) is 0 Å². The first-order valence-corrected chi connectivity index (χ1v) is 5.85. The summed E-state index contributed by atoms with van der Waals surface area (Å²) in [6.07, 6.45) is -0.724.